The number of sulfone groups is 1. The van der Waals surface area contributed by atoms with Crippen LogP contribution in [-0.4, -0.2) is 83.7 Å². The number of fused-ring (bicyclic) bond motifs is 1. The second-order valence-electron chi connectivity index (χ2n) is 8.30. The Morgan fingerprint density at radius 2 is 2.11 bits per heavy atom. The Hall–Kier alpha value is -2.51. The van der Waals surface area contributed by atoms with Gasteiger partial charge in [0.05, 0.1) is 47.9 Å². The summed E-state index contributed by atoms with van der Waals surface area (Å²) in [6.07, 6.45) is -0.291. The summed E-state index contributed by atoms with van der Waals surface area (Å²) >= 11 is 6.36. The molecule has 3 heterocycles. The van der Waals surface area contributed by atoms with Gasteiger partial charge < -0.3 is 29.4 Å². The third-order valence-electron chi connectivity index (χ3n) is 5.42. The second kappa shape index (κ2) is 10.6. The molecule has 0 bridgehead atoms. The summed E-state index contributed by atoms with van der Waals surface area (Å²) in [7, 11) is -3.09. The third-order valence-corrected chi connectivity index (χ3v) is 6.74. The molecule has 0 radical (unpaired) electrons. The number of aromatic amines is 1. The SMILES string of the molecule is CS(=O)(=O)CCCOc1ccc(-c2nc3nc(O[C@H]4CO[C@H](CO)[C@@H](O)C4)[nH]c3cc2Cl)c(F)c1. The molecule has 190 valence electrons. The molecule has 0 unspecified atom stereocenters. The van der Waals surface area contributed by atoms with Gasteiger partial charge in [0.15, 0.2) is 5.65 Å². The first-order valence-electron chi connectivity index (χ1n) is 10.9. The van der Waals surface area contributed by atoms with Gasteiger partial charge in [-0.3, -0.25) is 0 Å². The van der Waals surface area contributed by atoms with Crippen molar-refractivity contribution in [3.63, 3.8) is 0 Å². The normalized spacial score (nSPS) is 20.8. The third kappa shape index (κ3) is 6.39. The number of aliphatic hydroxyl groups excluding tert-OH is 2. The van der Waals surface area contributed by atoms with Crippen molar-refractivity contribution in [3.05, 3.63) is 35.1 Å². The average Bonchev–Trinajstić information content (AvgIpc) is 3.17. The molecule has 0 amide bonds. The number of ether oxygens (including phenoxy) is 3. The summed E-state index contributed by atoms with van der Waals surface area (Å²) in [5.41, 5.74) is 1.06. The summed E-state index contributed by atoms with van der Waals surface area (Å²) in [5, 5.41) is 19.4. The summed E-state index contributed by atoms with van der Waals surface area (Å²) in [6.45, 7) is 0.0276. The van der Waals surface area contributed by atoms with Gasteiger partial charge in [-0.25, -0.2) is 17.8 Å². The van der Waals surface area contributed by atoms with Crippen LogP contribution < -0.4 is 9.47 Å². The molecule has 3 N–H and O–H groups in total. The molecule has 3 atom stereocenters. The quantitative estimate of drug-likeness (QED) is 0.355. The van der Waals surface area contributed by atoms with Crippen molar-refractivity contribution in [2.45, 2.75) is 31.2 Å². The van der Waals surface area contributed by atoms with E-state index in [2.05, 4.69) is 15.0 Å². The lowest BCUT2D eigenvalue weighted by Crippen LogP contribution is -2.45. The van der Waals surface area contributed by atoms with Crippen molar-refractivity contribution in [1.82, 2.24) is 15.0 Å². The number of pyridine rings is 1. The summed E-state index contributed by atoms with van der Waals surface area (Å²) < 4.78 is 53.8. The van der Waals surface area contributed by atoms with E-state index < -0.39 is 34.0 Å². The fourth-order valence-electron chi connectivity index (χ4n) is 3.67. The van der Waals surface area contributed by atoms with Crippen molar-refractivity contribution in [3.8, 4) is 23.0 Å². The van der Waals surface area contributed by atoms with E-state index in [1.165, 1.54) is 12.1 Å². The van der Waals surface area contributed by atoms with Gasteiger partial charge in [-0.15, -0.1) is 0 Å². The Labute approximate surface area is 205 Å². The maximum atomic E-state index is 14.8. The molecule has 1 aromatic carbocycles. The summed E-state index contributed by atoms with van der Waals surface area (Å²) in [6, 6.07) is 5.91. The van der Waals surface area contributed by atoms with Gasteiger partial charge in [0.1, 0.15) is 33.6 Å². The number of imidazole rings is 1. The number of rotatable bonds is 9. The van der Waals surface area contributed by atoms with Crippen LogP contribution in [-0.2, 0) is 14.6 Å². The van der Waals surface area contributed by atoms with Crippen LogP contribution in [0.1, 0.15) is 12.8 Å². The van der Waals surface area contributed by atoms with Gasteiger partial charge in [-0.05, 0) is 24.6 Å². The summed E-state index contributed by atoms with van der Waals surface area (Å²) in [4.78, 5) is 11.6. The molecule has 2 aromatic heterocycles. The lowest BCUT2D eigenvalue weighted by molar-refractivity contribution is -0.131. The Morgan fingerprint density at radius 3 is 2.80 bits per heavy atom. The van der Waals surface area contributed by atoms with Gasteiger partial charge in [0.25, 0.3) is 6.01 Å². The average molecular weight is 530 g/mol. The van der Waals surface area contributed by atoms with Crippen LogP contribution in [0.5, 0.6) is 11.8 Å². The van der Waals surface area contributed by atoms with E-state index in [9.17, 15) is 17.9 Å². The lowest BCUT2D eigenvalue weighted by Gasteiger charge is -2.31. The predicted octanol–water partition coefficient (Wildman–Crippen LogP) is 2.12. The monoisotopic (exact) mass is 529 g/mol. The highest BCUT2D eigenvalue weighted by atomic mass is 35.5. The number of aliphatic hydroxyl groups is 2. The van der Waals surface area contributed by atoms with Crippen molar-refractivity contribution in [1.29, 1.82) is 0 Å². The molecule has 1 aliphatic heterocycles. The highest BCUT2D eigenvalue weighted by Gasteiger charge is 2.31. The van der Waals surface area contributed by atoms with Crippen LogP contribution in [0.4, 0.5) is 4.39 Å². The van der Waals surface area contributed by atoms with Gasteiger partial charge in [0.2, 0.25) is 0 Å². The van der Waals surface area contributed by atoms with Gasteiger partial charge >= 0.3 is 0 Å². The standard InChI is InChI=1S/C22H25ClFN3O7S/c1-35(30,31)6-2-5-32-12-3-4-14(16(24)7-12)20-15(23)9-17-21(26-20)27-22(25-17)34-13-8-18(29)19(10-28)33-11-13/h3-4,7,9,13,18-19,28-29H,2,5-6,8,10-11H2,1H3,(H,25,26,27)/t13-,18+,19-/m1/s1. The van der Waals surface area contributed by atoms with Crippen molar-refractivity contribution in [2.24, 2.45) is 0 Å². The van der Waals surface area contributed by atoms with Crippen molar-refractivity contribution in [2.75, 3.05) is 31.8 Å². The Bertz CT molecular complexity index is 1300. The molecule has 0 aliphatic carbocycles. The molecule has 1 aliphatic rings. The number of hydrogen-bond acceptors (Lipinski definition) is 9. The van der Waals surface area contributed by atoms with Crippen LogP contribution in [0.25, 0.3) is 22.4 Å². The first-order valence-corrected chi connectivity index (χ1v) is 13.3. The van der Waals surface area contributed by atoms with Crippen molar-refractivity contribution >= 4 is 32.6 Å². The molecule has 0 spiro atoms. The minimum absolute atomic E-state index is 0.0139. The molecule has 3 aromatic rings. The van der Waals surface area contributed by atoms with Crippen molar-refractivity contribution < 1.29 is 37.2 Å². The maximum absolute atomic E-state index is 14.8. The number of halogens is 2. The van der Waals surface area contributed by atoms with E-state index in [0.29, 0.717) is 11.9 Å². The Balaban J connectivity index is 1.47. The van der Waals surface area contributed by atoms with Crippen LogP contribution in [0.2, 0.25) is 5.02 Å². The molecule has 10 nitrogen and oxygen atoms in total. The highest BCUT2D eigenvalue weighted by molar-refractivity contribution is 7.90. The number of H-pyrrole nitrogens is 1. The van der Waals surface area contributed by atoms with Gasteiger partial charge in [0, 0.05) is 24.3 Å². The molecule has 35 heavy (non-hydrogen) atoms. The van der Waals surface area contributed by atoms with E-state index in [1.807, 2.05) is 0 Å². The van der Waals surface area contributed by atoms with E-state index in [1.54, 1.807) is 12.1 Å². The lowest BCUT2D eigenvalue weighted by atomic mass is 10.0. The predicted molar refractivity (Wildman–Crippen MR) is 126 cm³/mol. The zero-order valence-electron chi connectivity index (χ0n) is 18.8. The van der Waals surface area contributed by atoms with Crippen LogP contribution in [0.3, 0.4) is 0 Å². The smallest absolute Gasteiger partial charge is 0.296 e. The molecule has 4 rings (SSSR count). The molecular weight excluding hydrogens is 505 g/mol. The Kier molecular flexibility index (Phi) is 7.77. The number of hydrogen-bond donors (Lipinski definition) is 3. The van der Waals surface area contributed by atoms with Gasteiger partial charge in [-0.2, -0.15) is 4.98 Å². The number of nitrogens with one attached hydrogen (secondary N) is 1. The fourth-order valence-corrected chi connectivity index (χ4v) is 4.57. The summed E-state index contributed by atoms with van der Waals surface area (Å²) in [5.74, 6) is -0.370. The number of benzene rings is 1. The minimum atomic E-state index is -3.09. The highest BCUT2D eigenvalue weighted by Crippen LogP contribution is 2.33. The molecule has 0 saturated carbocycles. The largest absolute Gasteiger partial charge is 0.493 e. The topological polar surface area (TPSA) is 144 Å². The molecule has 1 saturated heterocycles. The fraction of sp³-hybridized carbons (Fsp3) is 0.455. The second-order valence-corrected chi connectivity index (χ2v) is 11.0. The Morgan fingerprint density at radius 1 is 1.31 bits per heavy atom. The van der Waals surface area contributed by atoms with E-state index >= 15 is 0 Å². The number of nitrogens with zero attached hydrogens (tertiary/aromatic N) is 2. The molecule has 13 heteroatoms. The van der Waals surface area contributed by atoms with E-state index in [4.69, 9.17) is 30.9 Å². The molecule has 1 fully saturated rings. The van der Waals surface area contributed by atoms with Crippen LogP contribution >= 0.6 is 11.6 Å². The first-order chi connectivity index (χ1) is 16.6. The first kappa shape index (κ1) is 25.6. The van der Waals surface area contributed by atoms with Gasteiger partial charge in [-0.1, -0.05) is 11.6 Å². The van der Waals surface area contributed by atoms with Crippen LogP contribution in [0.15, 0.2) is 24.3 Å². The van der Waals surface area contributed by atoms with E-state index in [0.717, 1.165) is 6.26 Å². The van der Waals surface area contributed by atoms with E-state index in [-0.39, 0.29) is 65.7 Å². The zero-order chi connectivity index (χ0) is 25.2. The minimum Gasteiger partial charge on any atom is -0.493 e. The number of aromatic nitrogens is 3. The molecular formula is C22H25ClFN3O7S. The van der Waals surface area contributed by atoms with Crippen LogP contribution in [0, 0.1) is 5.82 Å². The maximum Gasteiger partial charge on any atom is 0.296 e. The zero-order valence-corrected chi connectivity index (χ0v) is 20.4.